The molecule has 0 radical (unpaired) electrons. The van der Waals surface area contributed by atoms with Crippen LogP contribution in [-0.2, 0) is 0 Å². The van der Waals surface area contributed by atoms with Crippen molar-refractivity contribution in [3.8, 4) is 6.07 Å². The van der Waals surface area contributed by atoms with Gasteiger partial charge in [0.15, 0.2) is 23.3 Å². The summed E-state index contributed by atoms with van der Waals surface area (Å²) >= 11 is 5.22. The van der Waals surface area contributed by atoms with Gasteiger partial charge in [0.25, 0.3) is 0 Å². The van der Waals surface area contributed by atoms with Crippen LogP contribution < -0.4 is 0 Å². The standard InChI is InChI=1S/C9HClF5N/c10-3(1-2-16)4-5(11)7(13)9(15)8(14)6(4)12/h1H/b3-1-. The largest absolute Gasteiger partial charge is 0.203 e. The molecular formula is C9HClF5N. The Kier molecular flexibility index (Phi) is 3.50. The first-order chi connectivity index (χ1) is 7.41. The van der Waals surface area contributed by atoms with E-state index in [0.29, 0.717) is 6.08 Å². The molecule has 0 aliphatic heterocycles. The molecule has 0 aromatic heterocycles. The molecule has 84 valence electrons. The van der Waals surface area contributed by atoms with Crippen LogP contribution in [0.1, 0.15) is 5.56 Å². The highest BCUT2D eigenvalue weighted by molar-refractivity contribution is 6.49. The fourth-order valence-electron chi connectivity index (χ4n) is 0.943. The molecule has 0 bridgehead atoms. The zero-order valence-corrected chi connectivity index (χ0v) is 8.05. The van der Waals surface area contributed by atoms with Crippen molar-refractivity contribution < 1.29 is 22.0 Å². The highest BCUT2D eigenvalue weighted by Gasteiger charge is 2.26. The lowest BCUT2D eigenvalue weighted by molar-refractivity contribution is 0.376. The summed E-state index contributed by atoms with van der Waals surface area (Å²) in [7, 11) is 0. The van der Waals surface area contributed by atoms with Crippen molar-refractivity contribution >= 4 is 16.6 Å². The van der Waals surface area contributed by atoms with Gasteiger partial charge in [-0.1, -0.05) is 11.6 Å². The minimum atomic E-state index is -2.28. The smallest absolute Gasteiger partial charge is 0.200 e. The summed E-state index contributed by atoms with van der Waals surface area (Å²) in [5.74, 6) is -10.7. The molecule has 1 aromatic carbocycles. The summed E-state index contributed by atoms with van der Waals surface area (Å²) in [5.41, 5.74) is -1.32. The van der Waals surface area contributed by atoms with Crippen LogP contribution in [-0.4, -0.2) is 0 Å². The summed E-state index contributed by atoms with van der Waals surface area (Å²) in [5, 5.41) is 7.29. The van der Waals surface area contributed by atoms with Gasteiger partial charge in [-0.25, -0.2) is 22.0 Å². The van der Waals surface area contributed by atoms with Crippen LogP contribution in [0.4, 0.5) is 22.0 Å². The van der Waals surface area contributed by atoms with Crippen molar-refractivity contribution in [2.75, 3.05) is 0 Å². The van der Waals surface area contributed by atoms with Gasteiger partial charge in [-0.15, -0.1) is 0 Å². The minimum absolute atomic E-state index is 0.458. The second-order valence-electron chi connectivity index (χ2n) is 2.57. The van der Waals surface area contributed by atoms with Crippen molar-refractivity contribution in [3.63, 3.8) is 0 Å². The number of rotatable bonds is 1. The Morgan fingerprint density at radius 3 is 1.69 bits per heavy atom. The van der Waals surface area contributed by atoms with E-state index in [9.17, 15) is 22.0 Å². The second-order valence-corrected chi connectivity index (χ2v) is 2.97. The lowest BCUT2D eigenvalue weighted by Gasteiger charge is -2.06. The number of allylic oxidation sites excluding steroid dienone is 1. The molecule has 0 fully saturated rings. The Hall–Kier alpha value is -1.61. The zero-order chi connectivity index (χ0) is 12.5. The summed E-state index contributed by atoms with van der Waals surface area (Å²) in [4.78, 5) is 0. The SMILES string of the molecule is N#C/C=C(\Cl)c1c(F)c(F)c(F)c(F)c1F. The Bertz CT molecular complexity index is 489. The third-order valence-electron chi connectivity index (χ3n) is 1.64. The maximum Gasteiger partial charge on any atom is 0.200 e. The summed E-state index contributed by atoms with van der Waals surface area (Å²) in [6.07, 6.45) is 0.458. The molecule has 0 saturated heterocycles. The van der Waals surface area contributed by atoms with Crippen LogP contribution in [0.15, 0.2) is 6.08 Å². The van der Waals surface area contributed by atoms with Crippen LogP contribution in [0.3, 0.4) is 0 Å². The van der Waals surface area contributed by atoms with E-state index in [-0.39, 0.29) is 0 Å². The molecular weight excluding hydrogens is 253 g/mol. The molecule has 0 atom stereocenters. The summed E-state index contributed by atoms with van der Waals surface area (Å²) in [6, 6.07) is 1.31. The fourth-order valence-corrected chi connectivity index (χ4v) is 1.16. The van der Waals surface area contributed by atoms with Crippen molar-refractivity contribution in [1.29, 1.82) is 5.26 Å². The van der Waals surface area contributed by atoms with Gasteiger partial charge in [0.05, 0.1) is 16.7 Å². The number of hydrogen-bond donors (Lipinski definition) is 0. The van der Waals surface area contributed by atoms with Gasteiger partial charge in [0.1, 0.15) is 0 Å². The maximum atomic E-state index is 13.0. The highest BCUT2D eigenvalue weighted by atomic mass is 35.5. The van der Waals surface area contributed by atoms with Crippen molar-refractivity contribution in [1.82, 2.24) is 0 Å². The molecule has 0 spiro atoms. The Balaban J connectivity index is 3.66. The van der Waals surface area contributed by atoms with Crippen LogP contribution in [0.2, 0.25) is 0 Å². The Labute approximate surface area is 91.4 Å². The predicted molar refractivity (Wildman–Crippen MR) is 45.7 cm³/mol. The fraction of sp³-hybridized carbons (Fsp3) is 0. The van der Waals surface area contributed by atoms with E-state index in [1.165, 1.54) is 6.07 Å². The van der Waals surface area contributed by atoms with Gasteiger partial charge >= 0.3 is 0 Å². The van der Waals surface area contributed by atoms with E-state index in [1.54, 1.807) is 0 Å². The normalized spacial score (nSPS) is 11.4. The van der Waals surface area contributed by atoms with Crippen LogP contribution >= 0.6 is 11.6 Å². The molecule has 16 heavy (non-hydrogen) atoms. The third kappa shape index (κ3) is 1.86. The first kappa shape index (κ1) is 12.5. The van der Waals surface area contributed by atoms with Crippen LogP contribution in [0.25, 0.3) is 5.03 Å². The van der Waals surface area contributed by atoms with Gasteiger partial charge in [0, 0.05) is 6.08 Å². The van der Waals surface area contributed by atoms with Crippen LogP contribution in [0, 0.1) is 40.4 Å². The molecule has 0 amide bonds. The molecule has 1 nitrogen and oxygen atoms in total. The van der Waals surface area contributed by atoms with Gasteiger partial charge in [-0.3, -0.25) is 0 Å². The average Bonchev–Trinajstić information content (AvgIpc) is 2.24. The Morgan fingerprint density at radius 2 is 1.31 bits per heavy atom. The summed E-state index contributed by atoms with van der Waals surface area (Å²) in [6.45, 7) is 0. The van der Waals surface area contributed by atoms with E-state index >= 15 is 0 Å². The minimum Gasteiger partial charge on any atom is -0.203 e. The van der Waals surface area contributed by atoms with Crippen molar-refractivity contribution in [2.24, 2.45) is 0 Å². The van der Waals surface area contributed by atoms with E-state index < -0.39 is 39.7 Å². The van der Waals surface area contributed by atoms with Crippen molar-refractivity contribution in [2.45, 2.75) is 0 Å². The van der Waals surface area contributed by atoms with E-state index in [1.807, 2.05) is 0 Å². The maximum absolute atomic E-state index is 13.0. The average molecular weight is 254 g/mol. The third-order valence-corrected chi connectivity index (χ3v) is 1.94. The number of nitriles is 1. The van der Waals surface area contributed by atoms with Gasteiger partial charge in [-0.05, 0) is 0 Å². The van der Waals surface area contributed by atoms with E-state index in [2.05, 4.69) is 0 Å². The first-order valence-electron chi connectivity index (χ1n) is 3.68. The molecule has 0 N–H and O–H groups in total. The van der Waals surface area contributed by atoms with E-state index in [0.717, 1.165) is 0 Å². The molecule has 0 heterocycles. The lowest BCUT2D eigenvalue weighted by atomic mass is 10.1. The predicted octanol–water partition coefficient (Wildman–Crippen LogP) is 3.49. The highest BCUT2D eigenvalue weighted by Crippen LogP contribution is 2.30. The van der Waals surface area contributed by atoms with Gasteiger partial charge in [0.2, 0.25) is 5.82 Å². The van der Waals surface area contributed by atoms with Gasteiger partial charge in [-0.2, -0.15) is 5.26 Å². The molecule has 1 rings (SSSR count). The quantitative estimate of drug-likeness (QED) is 0.325. The van der Waals surface area contributed by atoms with Gasteiger partial charge < -0.3 is 0 Å². The first-order valence-corrected chi connectivity index (χ1v) is 4.06. The number of nitrogens with zero attached hydrogens (tertiary/aromatic N) is 1. The molecule has 7 heteroatoms. The topological polar surface area (TPSA) is 23.8 Å². The monoisotopic (exact) mass is 253 g/mol. The lowest BCUT2D eigenvalue weighted by Crippen LogP contribution is -2.05. The Morgan fingerprint density at radius 1 is 0.938 bits per heavy atom. The van der Waals surface area contributed by atoms with E-state index in [4.69, 9.17) is 16.9 Å². The summed E-state index contributed by atoms with van der Waals surface area (Å²) < 4.78 is 64.0. The number of hydrogen-bond acceptors (Lipinski definition) is 1. The number of halogens is 6. The van der Waals surface area contributed by atoms with Crippen molar-refractivity contribution in [3.05, 3.63) is 40.7 Å². The second kappa shape index (κ2) is 4.49. The number of benzene rings is 1. The molecule has 0 unspecified atom stereocenters. The molecule has 0 saturated carbocycles. The molecule has 0 aliphatic rings. The molecule has 1 aromatic rings. The molecule has 0 aliphatic carbocycles. The van der Waals surface area contributed by atoms with Crippen LogP contribution in [0.5, 0.6) is 0 Å². The zero-order valence-electron chi connectivity index (χ0n) is 7.29.